The smallest absolute Gasteiger partial charge is 0.238 e. The van der Waals surface area contributed by atoms with Gasteiger partial charge in [0.1, 0.15) is 0 Å². The third kappa shape index (κ3) is 3.00. The third-order valence-electron chi connectivity index (χ3n) is 0.920. The van der Waals surface area contributed by atoms with Gasteiger partial charge in [-0.1, -0.05) is 0 Å². The van der Waals surface area contributed by atoms with Crippen LogP contribution in [0.15, 0.2) is 0 Å². The van der Waals surface area contributed by atoms with Crippen LogP contribution in [0.1, 0.15) is 12.8 Å². The maximum atomic E-state index is 10.3. The lowest BCUT2D eigenvalue weighted by Crippen LogP contribution is -2.46. The summed E-state index contributed by atoms with van der Waals surface area (Å²) in [5, 5.41) is 0. The summed E-state index contributed by atoms with van der Waals surface area (Å²) in [5.41, 5.74) is 4.39. The van der Waals surface area contributed by atoms with Crippen molar-refractivity contribution in [2.45, 2.75) is 12.8 Å². The van der Waals surface area contributed by atoms with Crippen molar-refractivity contribution in [3.63, 3.8) is 0 Å². The van der Waals surface area contributed by atoms with Crippen molar-refractivity contribution < 1.29 is 9.59 Å². The Morgan fingerprint density at radius 1 is 1.00 bits per heavy atom. The molecule has 1 saturated heterocycles. The van der Waals surface area contributed by atoms with Gasteiger partial charge in [0.05, 0.1) is 0 Å². The maximum absolute atomic E-state index is 10.3. The third-order valence-corrected chi connectivity index (χ3v) is 0.920. The van der Waals surface area contributed by atoms with Gasteiger partial charge in [-0.15, -0.1) is 0 Å². The first-order valence-electron chi connectivity index (χ1n) is 2.70. The van der Waals surface area contributed by atoms with Crippen LogP contribution in [0.5, 0.6) is 0 Å². The van der Waals surface area contributed by atoms with Gasteiger partial charge in [0, 0.05) is 12.8 Å². The van der Waals surface area contributed by atoms with Crippen LogP contribution in [0.25, 0.3) is 0 Å². The van der Waals surface area contributed by atoms with Crippen LogP contribution < -0.4 is 22.5 Å². The Bertz CT molecular complexity index is 107. The fourth-order valence-electron chi connectivity index (χ4n) is 0.491. The van der Waals surface area contributed by atoms with Crippen LogP contribution in [0.2, 0.25) is 0 Å². The van der Waals surface area contributed by atoms with E-state index < -0.39 is 0 Å². The van der Waals surface area contributed by atoms with Gasteiger partial charge in [-0.2, -0.15) is 0 Å². The number of amides is 2. The van der Waals surface area contributed by atoms with E-state index >= 15 is 0 Å². The number of rotatable bonds is 0. The van der Waals surface area contributed by atoms with E-state index in [9.17, 15) is 9.59 Å². The molecule has 1 aliphatic heterocycles. The summed E-state index contributed by atoms with van der Waals surface area (Å²) >= 11 is 0. The molecule has 1 heterocycles. The molecule has 10 heavy (non-hydrogen) atoms. The van der Waals surface area contributed by atoms with Crippen LogP contribution in [-0.4, -0.2) is 11.8 Å². The summed E-state index contributed by atoms with van der Waals surface area (Å²) in [6.07, 6.45) is 0.623. The summed E-state index contributed by atoms with van der Waals surface area (Å²) < 4.78 is 0. The Labute approximate surface area is 57.9 Å². The highest BCUT2D eigenvalue weighted by molar-refractivity contribution is 5.88. The Morgan fingerprint density at radius 2 is 1.30 bits per heavy atom. The highest BCUT2D eigenvalue weighted by Gasteiger charge is 2.11. The zero-order valence-electron chi connectivity index (χ0n) is 5.39. The van der Waals surface area contributed by atoms with Gasteiger partial charge in [-0.05, 0) is 0 Å². The Hall–Kier alpha value is -1.14. The molecule has 0 bridgehead atoms. The molecular formula is C4H10N4O2. The molecule has 0 atom stereocenters. The first-order valence-corrected chi connectivity index (χ1v) is 2.70. The molecule has 1 rings (SSSR count). The topological polar surface area (TPSA) is 110 Å². The second-order valence-corrected chi connectivity index (χ2v) is 1.60. The summed E-state index contributed by atoms with van der Waals surface area (Å²) in [6.45, 7) is 0. The zero-order chi connectivity index (χ0) is 7.98. The number of hydrogen-bond acceptors (Lipinski definition) is 4. The quantitative estimate of drug-likeness (QED) is 0.228. The molecular weight excluding hydrogens is 136 g/mol. The van der Waals surface area contributed by atoms with Crippen LogP contribution in [0.3, 0.4) is 0 Å². The van der Waals surface area contributed by atoms with Gasteiger partial charge in [-0.25, -0.2) is 0 Å². The molecule has 0 aliphatic carbocycles. The first-order chi connectivity index (χ1) is 4.79. The van der Waals surface area contributed by atoms with Gasteiger partial charge < -0.3 is 0 Å². The molecule has 0 unspecified atom stereocenters. The predicted octanol–water partition coefficient (Wildman–Crippen LogP) is -2.25. The van der Waals surface area contributed by atoms with Crippen molar-refractivity contribution in [1.82, 2.24) is 10.9 Å². The minimum absolute atomic E-state index is 0.121. The molecule has 0 radical (unpaired) electrons. The molecule has 0 aromatic carbocycles. The van der Waals surface area contributed by atoms with E-state index in [-0.39, 0.29) is 11.8 Å². The maximum Gasteiger partial charge on any atom is 0.238 e. The lowest BCUT2D eigenvalue weighted by Gasteiger charge is -2.10. The van der Waals surface area contributed by atoms with Crippen molar-refractivity contribution >= 4 is 11.8 Å². The lowest BCUT2D eigenvalue weighted by atomic mass is 10.2. The molecule has 6 nitrogen and oxygen atoms in total. The molecule has 0 spiro atoms. The number of carbonyl (C=O) groups excluding carboxylic acids is 2. The molecule has 0 aromatic rings. The molecule has 1 fully saturated rings. The van der Waals surface area contributed by atoms with Gasteiger partial charge in [-0.3, -0.25) is 32.1 Å². The highest BCUT2D eigenvalue weighted by atomic mass is 16.2. The van der Waals surface area contributed by atoms with Gasteiger partial charge in [0.15, 0.2) is 0 Å². The summed E-state index contributed by atoms with van der Waals surface area (Å²) in [5.74, 6) is 7.76. The minimum atomic E-state index is -0.121. The summed E-state index contributed by atoms with van der Waals surface area (Å²) in [6, 6.07) is 0. The normalized spacial score (nSPS) is 16.2. The number of hydrogen-bond donors (Lipinski definition) is 4. The fourth-order valence-corrected chi connectivity index (χ4v) is 0.491. The molecule has 58 valence electrons. The number of nitrogens with one attached hydrogen (secondary N) is 2. The van der Waals surface area contributed by atoms with Crippen molar-refractivity contribution in [2.24, 2.45) is 11.7 Å². The van der Waals surface area contributed by atoms with Gasteiger partial charge >= 0.3 is 0 Å². The lowest BCUT2D eigenvalue weighted by molar-refractivity contribution is -0.133. The second kappa shape index (κ2) is 4.71. The van der Waals surface area contributed by atoms with E-state index in [1.807, 2.05) is 0 Å². The number of carbonyl (C=O) groups is 2. The molecule has 2 amide bonds. The van der Waals surface area contributed by atoms with Crippen LogP contribution in [-0.2, 0) is 9.59 Å². The van der Waals surface area contributed by atoms with E-state index in [0.29, 0.717) is 12.8 Å². The SMILES string of the molecule is NN.O=C1CCC(=O)NN1. The molecule has 6 N–H and O–H groups in total. The standard InChI is InChI=1S/C4H6N2O2.H4N2/c7-3-1-2-4(8)6-5-3;1-2/h1-2H2,(H,5,7)(H,6,8);1-2H2. The molecule has 0 saturated carbocycles. The molecule has 1 aliphatic rings. The molecule has 0 aromatic heterocycles. The van der Waals surface area contributed by atoms with Crippen LogP contribution in [0, 0.1) is 0 Å². The van der Waals surface area contributed by atoms with Crippen molar-refractivity contribution in [1.29, 1.82) is 0 Å². The minimum Gasteiger partial charge on any atom is -0.274 e. The van der Waals surface area contributed by atoms with Crippen molar-refractivity contribution in [2.75, 3.05) is 0 Å². The summed E-state index contributed by atoms with van der Waals surface area (Å²) in [7, 11) is 0. The molecule has 6 heteroatoms. The average Bonchev–Trinajstić information content (AvgIpc) is 2.00. The van der Waals surface area contributed by atoms with Crippen molar-refractivity contribution in [3.8, 4) is 0 Å². The van der Waals surface area contributed by atoms with Crippen molar-refractivity contribution in [3.05, 3.63) is 0 Å². The van der Waals surface area contributed by atoms with E-state index in [4.69, 9.17) is 0 Å². The zero-order valence-corrected chi connectivity index (χ0v) is 5.39. The Balaban J connectivity index is 0.000000371. The monoisotopic (exact) mass is 146 g/mol. The predicted molar refractivity (Wildman–Crippen MR) is 33.9 cm³/mol. The van der Waals surface area contributed by atoms with E-state index in [1.165, 1.54) is 0 Å². The largest absolute Gasteiger partial charge is 0.274 e. The van der Waals surface area contributed by atoms with E-state index in [2.05, 4.69) is 22.5 Å². The Kier molecular flexibility index (Phi) is 4.17. The first kappa shape index (κ1) is 8.86. The van der Waals surface area contributed by atoms with Gasteiger partial charge in [0.2, 0.25) is 11.8 Å². The summed E-state index contributed by atoms with van der Waals surface area (Å²) in [4.78, 5) is 20.6. The van der Waals surface area contributed by atoms with E-state index in [0.717, 1.165) is 0 Å². The van der Waals surface area contributed by atoms with Crippen LogP contribution in [0.4, 0.5) is 0 Å². The highest BCUT2D eigenvalue weighted by Crippen LogP contribution is 1.91. The second-order valence-electron chi connectivity index (χ2n) is 1.60. The number of hydrazine groups is 2. The Morgan fingerprint density at radius 3 is 1.50 bits per heavy atom. The number of nitrogens with two attached hydrogens (primary N) is 2. The van der Waals surface area contributed by atoms with E-state index in [1.54, 1.807) is 0 Å². The van der Waals surface area contributed by atoms with Gasteiger partial charge in [0.25, 0.3) is 0 Å². The van der Waals surface area contributed by atoms with Crippen LogP contribution >= 0.6 is 0 Å². The fraction of sp³-hybridized carbons (Fsp3) is 0.500. The average molecular weight is 146 g/mol.